The van der Waals surface area contributed by atoms with Gasteiger partial charge in [-0.1, -0.05) is 56.2 Å². The van der Waals surface area contributed by atoms with Crippen LogP contribution in [0.3, 0.4) is 0 Å². The molecule has 1 heterocycles. The van der Waals surface area contributed by atoms with Crippen molar-refractivity contribution < 1.29 is 14.6 Å². The van der Waals surface area contributed by atoms with Crippen molar-refractivity contribution in [3.05, 3.63) is 36.5 Å². The zero-order valence-electron chi connectivity index (χ0n) is 14.5. The zero-order chi connectivity index (χ0) is 16.8. The van der Waals surface area contributed by atoms with E-state index in [9.17, 15) is 4.79 Å². The number of carbonyl (C=O) groups is 1. The van der Waals surface area contributed by atoms with Gasteiger partial charge in [-0.2, -0.15) is 0 Å². The first-order valence-corrected chi connectivity index (χ1v) is 9.06. The second-order valence-electron chi connectivity index (χ2n) is 6.12. The number of hydrogen-bond donors (Lipinski definition) is 1. The maximum absolute atomic E-state index is 10.4. The molecule has 0 saturated carbocycles. The molecular weight excluding hydrogens is 288 g/mol. The number of hydrogen-bond acceptors (Lipinski definition) is 2. The van der Waals surface area contributed by atoms with Gasteiger partial charge in [0.25, 0.3) is 0 Å². The highest BCUT2D eigenvalue weighted by Gasteiger charge is 2.35. The minimum absolute atomic E-state index is 0.255. The van der Waals surface area contributed by atoms with E-state index >= 15 is 0 Å². The zero-order valence-corrected chi connectivity index (χ0v) is 14.5. The molecule has 1 saturated heterocycles. The highest BCUT2D eigenvalue weighted by atomic mass is 16.6. The van der Waals surface area contributed by atoms with Crippen LogP contribution in [-0.4, -0.2) is 23.3 Å². The Hall–Kier alpha value is -1.35. The van der Waals surface area contributed by atoms with Crippen molar-refractivity contribution in [3.63, 3.8) is 0 Å². The van der Waals surface area contributed by atoms with Gasteiger partial charge in [-0.15, -0.1) is 0 Å². The van der Waals surface area contributed by atoms with Gasteiger partial charge in [0, 0.05) is 6.42 Å². The molecule has 0 aliphatic carbocycles. The summed E-state index contributed by atoms with van der Waals surface area (Å²) in [5.74, 6) is -0.716. The van der Waals surface area contributed by atoms with E-state index in [1.54, 1.807) is 0 Å². The molecule has 1 aliphatic heterocycles. The smallest absolute Gasteiger partial charge is 0.303 e. The number of allylic oxidation sites excluding steroid dienone is 4. The molecule has 23 heavy (non-hydrogen) atoms. The molecule has 2 atom stereocenters. The summed E-state index contributed by atoms with van der Waals surface area (Å²) in [6, 6.07) is 0. The molecule has 130 valence electrons. The lowest BCUT2D eigenvalue weighted by Gasteiger charge is -1.91. The Morgan fingerprint density at radius 2 is 1.52 bits per heavy atom. The average molecular weight is 320 g/mol. The minimum Gasteiger partial charge on any atom is -0.481 e. The van der Waals surface area contributed by atoms with Gasteiger partial charge in [-0.05, 0) is 44.9 Å². The second-order valence-corrected chi connectivity index (χ2v) is 6.12. The number of carboxylic acid groups (broad SMARTS) is 1. The van der Waals surface area contributed by atoms with Crippen LogP contribution in [0.1, 0.15) is 71.1 Å². The highest BCUT2D eigenvalue weighted by Crippen LogP contribution is 2.29. The normalized spacial score (nSPS) is 20.9. The predicted octanol–water partition coefficient (Wildman–Crippen LogP) is 5.43. The first-order valence-electron chi connectivity index (χ1n) is 9.06. The predicted molar refractivity (Wildman–Crippen MR) is 95.6 cm³/mol. The number of aliphatic carboxylic acids is 1. The van der Waals surface area contributed by atoms with Crippen LogP contribution in [0.4, 0.5) is 0 Å². The van der Waals surface area contributed by atoms with Crippen molar-refractivity contribution >= 4 is 5.97 Å². The van der Waals surface area contributed by atoms with E-state index in [-0.39, 0.29) is 6.42 Å². The highest BCUT2D eigenvalue weighted by molar-refractivity contribution is 5.66. The van der Waals surface area contributed by atoms with Gasteiger partial charge in [0.1, 0.15) is 0 Å². The van der Waals surface area contributed by atoms with Crippen LogP contribution >= 0.6 is 0 Å². The lowest BCUT2D eigenvalue weighted by Crippen LogP contribution is -1.93. The van der Waals surface area contributed by atoms with E-state index in [0.717, 1.165) is 32.1 Å². The summed E-state index contributed by atoms with van der Waals surface area (Å²) < 4.78 is 5.62. The van der Waals surface area contributed by atoms with Crippen molar-refractivity contribution in [2.24, 2.45) is 0 Å². The molecule has 0 aromatic rings. The Morgan fingerprint density at radius 3 is 2.22 bits per heavy atom. The number of rotatable bonds is 14. The molecule has 0 aromatic carbocycles. The minimum atomic E-state index is -0.716. The molecule has 0 radical (unpaired) electrons. The topological polar surface area (TPSA) is 49.8 Å². The molecule has 1 aliphatic rings. The monoisotopic (exact) mass is 320 g/mol. The van der Waals surface area contributed by atoms with E-state index in [1.165, 1.54) is 25.7 Å². The first-order chi connectivity index (χ1) is 11.2. The Balaban J connectivity index is 1.93. The van der Waals surface area contributed by atoms with E-state index in [2.05, 4.69) is 43.4 Å². The Labute approximate surface area is 141 Å². The molecule has 1 rings (SSSR count). The van der Waals surface area contributed by atoms with E-state index in [4.69, 9.17) is 9.84 Å². The fraction of sp³-hybridized carbons (Fsp3) is 0.650. The van der Waals surface area contributed by atoms with E-state index in [1.807, 2.05) is 0 Å². The lowest BCUT2D eigenvalue weighted by molar-refractivity contribution is -0.137. The Bertz CT molecular complexity index is 396. The van der Waals surface area contributed by atoms with Crippen molar-refractivity contribution in [3.8, 4) is 0 Å². The summed E-state index contributed by atoms with van der Waals surface area (Å²) in [5, 5.41) is 8.53. The van der Waals surface area contributed by atoms with Crippen LogP contribution < -0.4 is 0 Å². The van der Waals surface area contributed by atoms with Gasteiger partial charge in [-0.3, -0.25) is 4.79 Å². The Kier molecular flexibility index (Phi) is 11.2. The third kappa shape index (κ3) is 11.8. The van der Waals surface area contributed by atoms with E-state index < -0.39 is 5.97 Å². The van der Waals surface area contributed by atoms with Crippen LogP contribution in [-0.2, 0) is 9.53 Å². The number of unbranched alkanes of at least 4 members (excludes halogenated alkanes) is 4. The molecule has 1 fully saturated rings. The summed E-state index contributed by atoms with van der Waals surface area (Å²) in [6.45, 7) is 2.23. The summed E-state index contributed by atoms with van der Waals surface area (Å²) in [7, 11) is 0. The maximum Gasteiger partial charge on any atom is 0.303 e. The summed E-state index contributed by atoms with van der Waals surface area (Å²) in [5.41, 5.74) is 0. The molecule has 0 aromatic heterocycles. The van der Waals surface area contributed by atoms with Gasteiger partial charge >= 0.3 is 5.97 Å². The lowest BCUT2D eigenvalue weighted by atomic mass is 10.1. The molecule has 0 spiro atoms. The molecule has 1 N–H and O–H groups in total. The quantitative estimate of drug-likeness (QED) is 0.264. The SMILES string of the molecule is CCCCC/C=C/C/C=C/C[C@@H]1O[C@@H]1C/C=C/CCCC(=O)O. The van der Waals surface area contributed by atoms with Gasteiger partial charge in [0.2, 0.25) is 0 Å². The molecule has 3 nitrogen and oxygen atoms in total. The van der Waals surface area contributed by atoms with Crippen molar-refractivity contribution in [2.75, 3.05) is 0 Å². The van der Waals surface area contributed by atoms with Gasteiger partial charge in [0.15, 0.2) is 0 Å². The fourth-order valence-electron chi connectivity index (χ4n) is 2.44. The van der Waals surface area contributed by atoms with Crippen LogP contribution in [0.2, 0.25) is 0 Å². The van der Waals surface area contributed by atoms with Crippen LogP contribution in [0.15, 0.2) is 36.5 Å². The molecule has 3 heteroatoms. The van der Waals surface area contributed by atoms with E-state index in [0.29, 0.717) is 12.2 Å². The third-order valence-corrected chi connectivity index (χ3v) is 3.93. The molecule has 0 unspecified atom stereocenters. The Morgan fingerprint density at radius 1 is 0.913 bits per heavy atom. The molecular formula is C20H32O3. The fourth-order valence-corrected chi connectivity index (χ4v) is 2.44. The maximum atomic E-state index is 10.4. The van der Waals surface area contributed by atoms with Gasteiger partial charge in [-0.25, -0.2) is 0 Å². The summed E-state index contributed by atoms with van der Waals surface area (Å²) >= 11 is 0. The van der Waals surface area contributed by atoms with Crippen LogP contribution in [0.25, 0.3) is 0 Å². The van der Waals surface area contributed by atoms with Crippen molar-refractivity contribution in [2.45, 2.75) is 83.3 Å². The number of ether oxygens (including phenoxy) is 1. The number of epoxide rings is 1. The molecule has 0 bridgehead atoms. The van der Waals surface area contributed by atoms with Crippen LogP contribution in [0, 0.1) is 0 Å². The first kappa shape index (κ1) is 19.7. The number of carboxylic acids is 1. The molecule has 0 amide bonds. The summed E-state index contributed by atoms with van der Waals surface area (Å²) in [4.78, 5) is 10.4. The largest absolute Gasteiger partial charge is 0.481 e. The standard InChI is InChI=1S/C20H32O3/c1-2-3-4-5-6-7-8-9-12-15-18-19(23-18)16-13-10-11-14-17-20(21)22/h6-7,9-10,12-13,18-19H,2-5,8,11,14-17H2,1H3,(H,21,22)/b7-6+,12-9+,13-10+/t18-,19+/m0/s1. The second kappa shape index (κ2) is 13.1. The van der Waals surface area contributed by atoms with Crippen molar-refractivity contribution in [1.29, 1.82) is 0 Å². The summed E-state index contributed by atoms with van der Waals surface area (Å²) in [6.07, 6.45) is 23.8. The van der Waals surface area contributed by atoms with Gasteiger partial charge in [0.05, 0.1) is 12.2 Å². The third-order valence-electron chi connectivity index (χ3n) is 3.93. The average Bonchev–Trinajstić information content (AvgIpc) is 3.27. The van der Waals surface area contributed by atoms with Crippen molar-refractivity contribution in [1.82, 2.24) is 0 Å². The van der Waals surface area contributed by atoms with Crippen LogP contribution in [0.5, 0.6) is 0 Å². The van der Waals surface area contributed by atoms with Gasteiger partial charge < -0.3 is 9.84 Å².